The van der Waals surface area contributed by atoms with Crippen molar-refractivity contribution in [1.29, 1.82) is 0 Å². The molecule has 0 bridgehead atoms. The third-order valence-electron chi connectivity index (χ3n) is 4.40. The van der Waals surface area contributed by atoms with E-state index in [1.54, 1.807) is 0 Å². The molecular weight excluding hydrogens is 411 g/mol. The lowest BCUT2D eigenvalue weighted by atomic mass is 9.93. The van der Waals surface area contributed by atoms with Crippen LogP contribution in [0.1, 0.15) is 18.5 Å². The molecule has 1 aliphatic rings. The van der Waals surface area contributed by atoms with Crippen molar-refractivity contribution in [2.24, 2.45) is 10.1 Å². The standard InChI is InChI=1S/C15H15ClF3N3O4S/c16-8-1-2-9-11(7-8)26-21-12(9)14(24,15(17,18)19)4-6-27(25)5-3-10(20)13(23)22-27/h1-2,7,10,24H,3-6,20H2/t10-,14?,27?/m0/s1. The second-order valence-electron chi connectivity index (χ2n) is 6.29. The monoisotopic (exact) mass is 425 g/mol. The lowest BCUT2D eigenvalue weighted by Gasteiger charge is -2.29. The summed E-state index contributed by atoms with van der Waals surface area (Å²) in [6, 6.07) is 2.93. The van der Waals surface area contributed by atoms with Crippen molar-refractivity contribution in [2.75, 3.05) is 11.5 Å². The van der Waals surface area contributed by atoms with Crippen LogP contribution in [0.15, 0.2) is 27.1 Å². The van der Waals surface area contributed by atoms with Gasteiger partial charge in [-0.1, -0.05) is 16.8 Å². The summed E-state index contributed by atoms with van der Waals surface area (Å²) in [5, 5.41) is 14.0. The van der Waals surface area contributed by atoms with Crippen LogP contribution in [0.5, 0.6) is 0 Å². The van der Waals surface area contributed by atoms with Gasteiger partial charge in [-0.15, -0.1) is 0 Å². The highest BCUT2D eigenvalue weighted by Gasteiger charge is 2.57. The first-order chi connectivity index (χ1) is 12.5. The average molecular weight is 426 g/mol. The van der Waals surface area contributed by atoms with E-state index in [0.717, 1.165) is 0 Å². The van der Waals surface area contributed by atoms with Gasteiger partial charge in [0.25, 0.3) is 5.91 Å². The molecule has 0 fully saturated rings. The van der Waals surface area contributed by atoms with Gasteiger partial charge in [0, 0.05) is 34.4 Å². The van der Waals surface area contributed by atoms with Crippen LogP contribution >= 0.6 is 11.6 Å². The van der Waals surface area contributed by atoms with E-state index in [2.05, 4.69) is 9.52 Å². The first-order valence-electron chi connectivity index (χ1n) is 7.82. The molecule has 12 heteroatoms. The second kappa shape index (κ2) is 6.73. The third-order valence-corrected chi connectivity index (χ3v) is 6.86. The first kappa shape index (κ1) is 20.1. The fourth-order valence-corrected chi connectivity index (χ4v) is 5.02. The fraction of sp³-hybridized carbons (Fsp3) is 0.467. The normalized spacial score (nSPS) is 26.0. The number of carbonyl (C=O) groups is 1. The van der Waals surface area contributed by atoms with Gasteiger partial charge in [-0.3, -0.25) is 4.79 Å². The van der Waals surface area contributed by atoms with Crippen LogP contribution in [0.2, 0.25) is 5.02 Å². The van der Waals surface area contributed by atoms with Crippen molar-refractivity contribution in [3.05, 3.63) is 28.9 Å². The summed E-state index contributed by atoms with van der Waals surface area (Å²) in [7, 11) is -3.26. The van der Waals surface area contributed by atoms with Gasteiger partial charge >= 0.3 is 6.18 Å². The summed E-state index contributed by atoms with van der Waals surface area (Å²) in [4.78, 5) is 11.6. The van der Waals surface area contributed by atoms with E-state index < -0.39 is 51.3 Å². The number of alkyl halides is 3. The molecule has 1 aromatic heterocycles. The number of amides is 1. The maximum absolute atomic E-state index is 13.7. The lowest BCUT2D eigenvalue weighted by molar-refractivity contribution is -0.268. The predicted octanol–water partition coefficient (Wildman–Crippen LogP) is 2.35. The van der Waals surface area contributed by atoms with E-state index in [1.165, 1.54) is 18.2 Å². The Hall–Kier alpha value is -1.69. The number of carbonyl (C=O) groups excluding carboxylic acids is 1. The molecule has 2 aromatic rings. The molecule has 1 amide bonds. The molecule has 0 saturated carbocycles. The van der Waals surface area contributed by atoms with Gasteiger partial charge in [-0.2, -0.15) is 17.5 Å². The Balaban J connectivity index is 2.00. The molecule has 3 N–H and O–H groups in total. The van der Waals surface area contributed by atoms with Gasteiger partial charge in [-0.05, 0) is 18.6 Å². The van der Waals surface area contributed by atoms with Gasteiger partial charge in [0.15, 0.2) is 5.58 Å². The Bertz CT molecular complexity index is 1020. The Morgan fingerprint density at radius 2 is 2.11 bits per heavy atom. The molecule has 148 valence electrons. The highest BCUT2D eigenvalue weighted by atomic mass is 35.5. The summed E-state index contributed by atoms with van der Waals surface area (Å²) in [5.41, 5.74) is 1.24. The summed E-state index contributed by atoms with van der Waals surface area (Å²) in [6.45, 7) is 0. The number of aliphatic hydroxyl groups is 1. The molecule has 7 nitrogen and oxygen atoms in total. The zero-order valence-corrected chi connectivity index (χ0v) is 15.3. The molecule has 2 unspecified atom stereocenters. The molecule has 27 heavy (non-hydrogen) atoms. The van der Waals surface area contributed by atoms with Crippen LogP contribution in [0.3, 0.4) is 0 Å². The van der Waals surface area contributed by atoms with Crippen LogP contribution in [-0.4, -0.2) is 44.1 Å². The summed E-state index contributed by atoms with van der Waals surface area (Å²) >= 11 is 5.77. The fourth-order valence-electron chi connectivity index (χ4n) is 2.77. The maximum Gasteiger partial charge on any atom is 0.423 e. The van der Waals surface area contributed by atoms with Gasteiger partial charge < -0.3 is 15.4 Å². The number of nitrogens with zero attached hydrogens (tertiary/aromatic N) is 2. The Kier molecular flexibility index (Phi) is 5.00. The lowest BCUT2D eigenvalue weighted by Crippen LogP contribution is -2.45. The predicted molar refractivity (Wildman–Crippen MR) is 91.5 cm³/mol. The van der Waals surface area contributed by atoms with E-state index in [9.17, 15) is 27.3 Å². The van der Waals surface area contributed by atoms with Gasteiger partial charge in [-0.25, -0.2) is 4.21 Å². The van der Waals surface area contributed by atoms with Gasteiger partial charge in [0.05, 0.1) is 15.8 Å². The zero-order chi connectivity index (χ0) is 20.0. The largest absolute Gasteiger partial charge is 0.423 e. The molecule has 1 aliphatic heterocycles. The van der Waals surface area contributed by atoms with Crippen LogP contribution in [-0.2, 0) is 20.1 Å². The molecular formula is C15H15ClF3N3O4S. The van der Waals surface area contributed by atoms with Crippen molar-refractivity contribution < 1.29 is 31.8 Å². The zero-order valence-electron chi connectivity index (χ0n) is 13.7. The van der Waals surface area contributed by atoms with E-state index in [-0.39, 0.29) is 28.2 Å². The smallest absolute Gasteiger partial charge is 0.375 e. The van der Waals surface area contributed by atoms with Crippen molar-refractivity contribution >= 4 is 38.2 Å². The Morgan fingerprint density at radius 1 is 1.41 bits per heavy atom. The number of halogens is 4. The van der Waals surface area contributed by atoms with Gasteiger partial charge in [0.2, 0.25) is 5.60 Å². The summed E-state index contributed by atoms with van der Waals surface area (Å²) in [6.07, 6.45) is -6.09. The number of aromatic nitrogens is 1. The summed E-state index contributed by atoms with van der Waals surface area (Å²) < 4.78 is 62.1. The van der Waals surface area contributed by atoms with E-state index in [1.807, 2.05) is 0 Å². The SMILES string of the molecule is N[C@H]1CCS(=O)(CCC(O)(c2noc3cc(Cl)ccc23)C(F)(F)F)=NC1=O. The average Bonchev–Trinajstić information content (AvgIpc) is 2.99. The molecule has 1 aromatic carbocycles. The van der Waals surface area contributed by atoms with Gasteiger partial charge in [0.1, 0.15) is 5.69 Å². The molecule has 0 spiro atoms. The van der Waals surface area contributed by atoms with E-state index in [4.69, 9.17) is 21.9 Å². The third kappa shape index (κ3) is 3.68. The highest BCUT2D eigenvalue weighted by Crippen LogP contribution is 2.44. The minimum Gasteiger partial charge on any atom is -0.375 e. The highest BCUT2D eigenvalue weighted by molar-refractivity contribution is 7.93. The first-order valence-corrected chi connectivity index (χ1v) is 10.0. The number of hydrogen-bond donors (Lipinski definition) is 2. The van der Waals surface area contributed by atoms with Crippen molar-refractivity contribution in [3.63, 3.8) is 0 Å². The Morgan fingerprint density at radius 3 is 2.74 bits per heavy atom. The number of hydrogen-bond acceptors (Lipinski definition) is 6. The number of nitrogens with two attached hydrogens (primary N) is 1. The van der Waals surface area contributed by atoms with Crippen LogP contribution in [0.25, 0.3) is 11.0 Å². The van der Waals surface area contributed by atoms with Crippen LogP contribution in [0.4, 0.5) is 13.2 Å². The number of benzene rings is 1. The van der Waals surface area contributed by atoms with Crippen molar-refractivity contribution in [3.8, 4) is 0 Å². The molecule has 3 rings (SSSR count). The van der Waals surface area contributed by atoms with Crippen LogP contribution in [0, 0.1) is 0 Å². The Labute approximate surface area is 156 Å². The van der Waals surface area contributed by atoms with E-state index >= 15 is 0 Å². The quantitative estimate of drug-likeness (QED) is 0.776. The minimum atomic E-state index is -5.14. The molecule has 3 atom stereocenters. The molecule has 0 saturated heterocycles. The van der Waals surface area contributed by atoms with Crippen LogP contribution < -0.4 is 5.73 Å². The molecule has 2 heterocycles. The molecule has 0 radical (unpaired) electrons. The summed E-state index contributed by atoms with van der Waals surface area (Å²) in [5.74, 6) is -1.59. The topological polar surface area (TPSA) is 119 Å². The van der Waals surface area contributed by atoms with E-state index in [0.29, 0.717) is 0 Å². The number of rotatable bonds is 4. The molecule has 0 aliphatic carbocycles. The number of fused-ring (bicyclic) bond motifs is 1. The van der Waals surface area contributed by atoms with Crippen molar-refractivity contribution in [1.82, 2.24) is 5.16 Å². The second-order valence-corrected chi connectivity index (χ2v) is 9.27. The maximum atomic E-state index is 13.7. The van der Waals surface area contributed by atoms with Crippen molar-refractivity contribution in [2.45, 2.75) is 30.7 Å². The minimum absolute atomic E-state index is 0.0344.